The van der Waals surface area contributed by atoms with E-state index in [0.717, 1.165) is 108 Å². The Kier molecular flexibility index (Phi) is 66.2. The number of hydrogen-bond acceptors (Lipinski definition) is 15. The molecular weight excluding hydrogens is 1260 g/mol. The molecule has 3 unspecified atom stereocenters. The van der Waals surface area contributed by atoms with E-state index < -0.39 is 97.5 Å². The van der Waals surface area contributed by atoms with E-state index in [1.54, 1.807) is 0 Å². The molecule has 0 saturated carbocycles. The van der Waals surface area contributed by atoms with Gasteiger partial charge in [0.2, 0.25) is 0 Å². The van der Waals surface area contributed by atoms with Gasteiger partial charge in [-0.2, -0.15) is 0 Å². The van der Waals surface area contributed by atoms with Gasteiger partial charge in [0.15, 0.2) is 12.2 Å². The maximum atomic E-state index is 13.1. The van der Waals surface area contributed by atoms with Crippen LogP contribution in [-0.2, 0) is 65.4 Å². The van der Waals surface area contributed by atoms with Crippen molar-refractivity contribution >= 4 is 39.5 Å². The van der Waals surface area contributed by atoms with Crippen LogP contribution in [0.5, 0.6) is 0 Å². The summed E-state index contributed by atoms with van der Waals surface area (Å²) in [5.41, 5.74) is 0. The van der Waals surface area contributed by atoms with Gasteiger partial charge in [0.05, 0.1) is 26.4 Å². The van der Waals surface area contributed by atoms with Gasteiger partial charge in [0.1, 0.15) is 19.3 Å². The van der Waals surface area contributed by atoms with Crippen molar-refractivity contribution in [1.82, 2.24) is 0 Å². The normalized spacial score (nSPS) is 14.3. The fourth-order valence-electron chi connectivity index (χ4n) is 11.7. The summed E-state index contributed by atoms with van der Waals surface area (Å²) in [6.45, 7) is 11.9. The minimum absolute atomic E-state index is 0.107. The summed E-state index contributed by atoms with van der Waals surface area (Å²) in [5, 5.41) is 10.6. The summed E-state index contributed by atoms with van der Waals surface area (Å²) in [6, 6.07) is 0. The summed E-state index contributed by atoms with van der Waals surface area (Å²) in [6.07, 6.45) is 53.9. The molecule has 0 heterocycles. The molecule has 6 atom stereocenters. The lowest BCUT2D eigenvalue weighted by Crippen LogP contribution is -2.30. The molecular formula is C77H150O17P2. The molecule has 0 rings (SSSR count). The molecule has 0 aliphatic rings. The second kappa shape index (κ2) is 67.5. The van der Waals surface area contributed by atoms with Crippen LogP contribution in [0.3, 0.4) is 0 Å². The first-order chi connectivity index (χ1) is 46.3. The van der Waals surface area contributed by atoms with Crippen LogP contribution in [0, 0.1) is 17.8 Å². The molecule has 96 heavy (non-hydrogen) atoms. The third kappa shape index (κ3) is 69.2. The highest BCUT2D eigenvalue weighted by atomic mass is 31.2. The van der Waals surface area contributed by atoms with Crippen LogP contribution in [-0.4, -0.2) is 96.7 Å². The van der Waals surface area contributed by atoms with E-state index in [-0.39, 0.29) is 25.7 Å². The van der Waals surface area contributed by atoms with Crippen LogP contribution >= 0.6 is 15.6 Å². The van der Waals surface area contributed by atoms with E-state index in [2.05, 4.69) is 48.5 Å². The SMILES string of the molecule is CCCCCCCCCCCCCCCCC(=O)O[C@H](COC(=O)CCCCCCCCCCC(C)CC)COP(=O)(O)OC[C@H](O)COP(=O)(O)OC[C@@H](COC(=O)CCCCCCCCCCCCCC(C)C)OC(=O)CCCCCCCCCCCCCCCC(C)C. The van der Waals surface area contributed by atoms with Gasteiger partial charge < -0.3 is 33.8 Å². The minimum Gasteiger partial charge on any atom is -0.462 e. The molecule has 0 aromatic rings. The van der Waals surface area contributed by atoms with Crippen molar-refractivity contribution in [2.45, 2.75) is 414 Å². The summed E-state index contributed by atoms with van der Waals surface area (Å²) >= 11 is 0. The van der Waals surface area contributed by atoms with Crippen molar-refractivity contribution in [3.63, 3.8) is 0 Å². The van der Waals surface area contributed by atoms with Crippen LogP contribution in [0.4, 0.5) is 0 Å². The number of unbranched alkanes of at least 4 members (excludes halogenated alkanes) is 42. The maximum Gasteiger partial charge on any atom is 0.472 e. The lowest BCUT2D eigenvalue weighted by atomic mass is 9.99. The Labute approximate surface area is 588 Å². The third-order valence-corrected chi connectivity index (χ3v) is 20.1. The molecule has 17 nitrogen and oxygen atoms in total. The van der Waals surface area contributed by atoms with Gasteiger partial charge in [0.25, 0.3) is 0 Å². The second-order valence-electron chi connectivity index (χ2n) is 28.9. The monoisotopic (exact) mass is 1410 g/mol. The Morgan fingerprint density at radius 3 is 0.792 bits per heavy atom. The molecule has 0 aliphatic carbocycles. The second-order valence-corrected chi connectivity index (χ2v) is 31.8. The number of carbonyl (C=O) groups is 4. The van der Waals surface area contributed by atoms with E-state index in [4.69, 9.17) is 37.0 Å². The number of phosphoric ester groups is 2. The van der Waals surface area contributed by atoms with Crippen molar-refractivity contribution in [2.24, 2.45) is 17.8 Å². The van der Waals surface area contributed by atoms with Crippen LogP contribution in [0.25, 0.3) is 0 Å². The molecule has 3 N–H and O–H groups in total. The Balaban J connectivity index is 5.28. The molecule has 0 bridgehead atoms. The third-order valence-electron chi connectivity index (χ3n) is 18.2. The van der Waals surface area contributed by atoms with E-state index >= 15 is 0 Å². The zero-order chi connectivity index (χ0) is 70.9. The zero-order valence-corrected chi connectivity index (χ0v) is 64.6. The molecule has 570 valence electrons. The molecule has 19 heteroatoms. The Bertz CT molecular complexity index is 1870. The average molecular weight is 1410 g/mol. The highest BCUT2D eigenvalue weighted by Crippen LogP contribution is 2.45. The van der Waals surface area contributed by atoms with Gasteiger partial charge in [-0.05, 0) is 43.4 Å². The van der Waals surface area contributed by atoms with E-state index in [1.807, 2.05) is 0 Å². The molecule has 0 radical (unpaired) electrons. The predicted molar refractivity (Wildman–Crippen MR) is 391 cm³/mol. The average Bonchev–Trinajstić information content (AvgIpc) is 2.01. The molecule has 0 aromatic heterocycles. The first-order valence-electron chi connectivity index (χ1n) is 39.9. The van der Waals surface area contributed by atoms with Crippen LogP contribution in [0.15, 0.2) is 0 Å². The highest BCUT2D eigenvalue weighted by molar-refractivity contribution is 7.47. The summed E-state index contributed by atoms with van der Waals surface area (Å²) < 4.78 is 68.6. The number of hydrogen-bond donors (Lipinski definition) is 3. The number of aliphatic hydroxyl groups is 1. The quantitative estimate of drug-likeness (QED) is 0.0222. The molecule has 0 aliphatic heterocycles. The van der Waals surface area contributed by atoms with Crippen LogP contribution in [0.1, 0.15) is 395 Å². The first kappa shape index (κ1) is 94.1. The number of esters is 4. The summed E-state index contributed by atoms with van der Waals surface area (Å²) in [4.78, 5) is 72.9. The van der Waals surface area contributed by atoms with Crippen LogP contribution in [0.2, 0.25) is 0 Å². The number of carbonyl (C=O) groups excluding carboxylic acids is 4. The molecule has 0 fully saturated rings. The Morgan fingerprint density at radius 2 is 0.531 bits per heavy atom. The number of phosphoric acid groups is 2. The lowest BCUT2D eigenvalue weighted by molar-refractivity contribution is -0.161. The predicted octanol–water partition coefficient (Wildman–Crippen LogP) is 22.6. The van der Waals surface area contributed by atoms with Crippen molar-refractivity contribution in [3.05, 3.63) is 0 Å². The van der Waals surface area contributed by atoms with E-state index in [9.17, 15) is 43.2 Å². The molecule has 0 aromatic carbocycles. The van der Waals surface area contributed by atoms with Crippen molar-refractivity contribution < 1.29 is 80.2 Å². The van der Waals surface area contributed by atoms with Crippen molar-refractivity contribution in [3.8, 4) is 0 Å². The Hall–Kier alpha value is -1.94. The minimum atomic E-state index is -4.96. The molecule has 0 amide bonds. The molecule has 0 spiro atoms. The summed E-state index contributed by atoms with van der Waals surface area (Å²) in [7, 11) is -9.92. The van der Waals surface area contributed by atoms with Crippen molar-refractivity contribution in [1.29, 1.82) is 0 Å². The maximum absolute atomic E-state index is 13.1. The number of rotatable bonds is 75. The summed E-state index contributed by atoms with van der Waals surface area (Å²) in [5.74, 6) is 0.221. The Morgan fingerprint density at radius 1 is 0.302 bits per heavy atom. The van der Waals surface area contributed by atoms with Gasteiger partial charge in [-0.3, -0.25) is 37.3 Å². The van der Waals surface area contributed by atoms with Gasteiger partial charge in [0, 0.05) is 25.7 Å². The zero-order valence-electron chi connectivity index (χ0n) is 62.8. The number of ether oxygens (including phenoxy) is 4. The smallest absolute Gasteiger partial charge is 0.462 e. The van der Waals surface area contributed by atoms with Gasteiger partial charge in [-0.15, -0.1) is 0 Å². The van der Waals surface area contributed by atoms with E-state index in [1.165, 1.54) is 205 Å². The fourth-order valence-corrected chi connectivity index (χ4v) is 13.3. The van der Waals surface area contributed by atoms with Gasteiger partial charge in [-0.1, -0.05) is 344 Å². The molecule has 0 saturated heterocycles. The lowest BCUT2D eigenvalue weighted by Gasteiger charge is -2.21. The first-order valence-corrected chi connectivity index (χ1v) is 42.9. The van der Waals surface area contributed by atoms with Gasteiger partial charge >= 0.3 is 39.5 Å². The van der Waals surface area contributed by atoms with Crippen molar-refractivity contribution in [2.75, 3.05) is 39.6 Å². The largest absolute Gasteiger partial charge is 0.472 e. The topological polar surface area (TPSA) is 237 Å². The highest BCUT2D eigenvalue weighted by Gasteiger charge is 2.30. The van der Waals surface area contributed by atoms with E-state index in [0.29, 0.717) is 25.7 Å². The van der Waals surface area contributed by atoms with Crippen LogP contribution < -0.4 is 0 Å². The van der Waals surface area contributed by atoms with Gasteiger partial charge in [-0.25, -0.2) is 9.13 Å². The standard InChI is InChI=1S/C77H150O17P2/c1-8-10-11-12-13-14-15-16-19-24-30-39-46-53-60-76(81)94-73(65-88-75(80)59-52-45-38-33-32-36-43-50-57-70(7)9-2)67-92-96(85,86)90-63-71(78)62-89-95(83,84)91-66-72(64-87-74(79)58-51-44-37-29-26-21-23-28-35-42-49-56-69(5)6)93-77(82)61-54-47-40-31-25-20-17-18-22-27-34-41-48-55-68(3)4/h68-73,78H,8-67H2,1-7H3,(H,83,84)(H,85,86)/t70?,71-,72-,73-/m1/s1. The number of aliphatic hydroxyl groups excluding tert-OH is 1. The fraction of sp³-hybridized carbons (Fsp3) is 0.948.